The minimum absolute atomic E-state index is 0.793. The SMILES string of the molecule is COCCCOCCNCCCN(C)C1CCCCC1. The lowest BCUT2D eigenvalue weighted by Crippen LogP contribution is -2.35. The number of nitrogens with zero attached hydrogens (tertiary/aromatic N) is 1. The number of ether oxygens (including phenoxy) is 2. The third-order valence-electron chi connectivity index (χ3n) is 4.12. The summed E-state index contributed by atoms with van der Waals surface area (Å²) in [4.78, 5) is 2.56. The van der Waals surface area contributed by atoms with Crippen LogP contribution in [0.25, 0.3) is 0 Å². The molecule has 0 aromatic carbocycles. The Hall–Kier alpha value is -0.160. The smallest absolute Gasteiger partial charge is 0.0590 e. The van der Waals surface area contributed by atoms with Crippen LogP contribution >= 0.6 is 0 Å². The van der Waals surface area contributed by atoms with Crippen LogP contribution in [-0.2, 0) is 9.47 Å². The largest absolute Gasteiger partial charge is 0.385 e. The molecule has 20 heavy (non-hydrogen) atoms. The van der Waals surface area contributed by atoms with E-state index >= 15 is 0 Å². The first-order valence-electron chi connectivity index (χ1n) is 8.32. The van der Waals surface area contributed by atoms with Gasteiger partial charge in [-0.3, -0.25) is 0 Å². The fourth-order valence-electron chi connectivity index (χ4n) is 2.83. The van der Waals surface area contributed by atoms with Gasteiger partial charge in [0.2, 0.25) is 0 Å². The maximum absolute atomic E-state index is 5.51. The van der Waals surface area contributed by atoms with Crippen LogP contribution in [0.4, 0.5) is 0 Å². The Morgan fingerprint density at radius 3 is 2.55 bits per heavy atom. The van der Waals surface area contributed by atoms with Crippen molar-refractivity contribution in [1.29, 1.82) is 0 Å². The molecular weight excluding hydrogens is 252 g/mol. The van der Waals surface area contributed by atoms with E-state index in [4.69, 9.17) is 9.47 Å². The summed E-state index contributed by atoms with van der Waals surface area (Å²) in [6, 6.07) is 0.841. The van der Waals surface area contributed by atoms with Crippen molar-refractivity contribution in [2.24, 2.45) is 0 Å². The summed E-state index contributed by atoms with van der Waals surface area (Å²) < 4.78 is 10.5. The van der Waals surface area contributed by atoms with Crippen LogP contribution in [0.5, 0.6) is 0 Å². The van der Waals surface area contributed by atoms with Gasteiger partial charge in [-0.15, -0.1) is 0 Å². The Morgan fingerprint density at radius 2 is 1.80 bits per heavy atom. The Morgan fingerprint density at radius 1 is 1.00 bits per heavy atom. The van der Waals surface area contributed by atoms with Gasteiger partial charge in [-0.2, -0.15) is 0 Å². The van der Waals surface area contributed by atoms with E-state index in [1.165, 1.54) is 45.1 Å². The van der Waals surface area contributed by atoms with Gasteiger partial charge in [-0.1, -0.05) is 19.3 Å². The molecule has 1 fully saturated rings. The topological polar surface area (TPSA) is 33.7 Å². The number of hydrogen-bond acceptors (Lipinski definition) is 4. The van der Waals surface area contributed by atoms with Crippen LogP contribution in [0.2, 0.25) is 0 Å². The first kappa shape index (κ1) is 17.9. The molecule has 0 radical (unpaired) electrons. The summed E-state index contributed by atoms with van der Waals surface area (Å²) >= 11 is 0. The molecule has 0 aromatic rings. The summed E-state index contributed by atoms with van der Waals surface area (Å²) in [5, 5.41) is 3.45. The van der Waals surface area contributed by atoms with Crippen molar-refractivity contribution in [2.75, 3.05) is 53.6 Å². The molecule has 0 saturated heterocycles. The minimum atomic E-state index is 0.793. The number of rotatable bonds is 12. The molecule has 120 valence electrons. The maximum atomic E-state index is 5.51. The van der Waals surface area contributed by atoms with E-state index < -0.39 is 0 Å². The van der Waals surface area contributed by atoms with Gasteiger partial charge in [0.05, 0.1) is 6.61 Å². The fourth-order valence-corrected chi connectivity index (χ4v) is 2.83. The maximum Gasteiger partial charge on any atom is 0.0590 e. The molecule has 0 aliphatic heterocycles. The normalized spacial score (nSPS) is 16.9. The summed E-state index contributed by atoms with van der Waals surface area (Å²) in [7, 11) is 4.01. The molecule has 0 bridgehead atoms. The van der Waals surface area contributed by atoms with Crippen molar-refractivity contribution in [2.45, 2.75) is 51.0 Å². The molecule has 0 spiro atoms. The fraction of sp³-hybridized carbons (Fsp3) is 1.00. The second-order valence-corrected chi connectivity index (χ2v) is 5.83. The zero-order valence-electron chi connectivity index (χ0n) is 13.5. The first-order valence-corrected chi connectivity index (χ1v) is 8.32. The lowest BCUT2D eigenvalue weighted by Gasteiger charge is -2.31. The molecule has 0 amide bonds. The molecular formula is C16H34N2O2. The van der Waals surface area contributed by atoms with Crippen molar-refractivity contribution in [1.82, 2.24) is 10.2 Å². The highest BCUT2D eigenvalue weighted by Crippen LogP contribution is 2.21. The lowest BCUT2D eigenvalue weighted by atomic mass is 9.94. The second-order valence-electron chi connectivity index (χ2n) is 5.83. The molecule has 1 aliphatic carbocycles. The van der Waals surface area contributed by atoms with Gasteiger partial charge in [0.25, 0.3) is 0 Å². The standard InChI is InChI=1S/C16H34N2O2/c1-18(16-8-4-3-5-9-16)12-6-10-17-11-15-20-14-7-13-19-2/h16-17H,3-15H2,1-2H3. The van der Waals surface area contributed by atoms with Crippen LogP contribution < -0.4 is 5.32 Å². The highest BCUT2D eigenvalue weighted by Gasteiger charge is 2.16. The highest BCUT2D eigenvalue weighted by molar-refractivity contribution is 4.73. The van der Waals surface area contributed by atoms with E-state index in [2.05, 4.69) is 17.3 Å². The van der Waals surface area contributed by atoms with Gasteiger partial charge < -0.3 is 19.7 Å². The summed E-state index contributed by atoms with van der Waals surface area (Å²) in [5.41, 5.74) is 0. The van der Waals surface area contributed by atoms with Gasteiger partial charge in [0.15, 0.2) is 0 Å². The van der Waals surface area contributed by atoms with Crippen molar-refractivity contribution >= 4 is 0 Å². The minimum Gasteiger partial charge on any atom is -0.385 e. The van der Waals surface area contributed by atoms with Crippen LogP contribution in [0.15, 0.2) is 0 Å². The van der Waals surface area contributed by atoms with Crippen molar-refractivity contribution in [3.8, 4) is 0 Å². The molecule has 1 aliphatic rings. The van der Waals surface area contributed by atoms with Crippen LogP contribution in [0.1, 0.15) is 44.9 Å². The van der Waals surface area contributed by atoms with Crippen LogP contribution in [0.3, 0.4) is 0 Å². The zero-order chi connectivity index (χ0) is 14.5. The molecule has 4 nitrogen and oxygen atoms in total. The molecule has 0 unspecified atom stereocenters. The molecule has 1 saturated carbocycles. The second kappa shape index (κ2) is 12.6. The quantitative estimate of drug-likeness (QED) is 0.558. The van der Waals surface area contributed by atoms with Crippen molar-refractivity contribution in [3.63, 3.8) is 0 Å². The monoisotopic (exact) mass is 286 g/mol. The Kier molecular flexibility index (Phi) is 11.2. The highest BCUT2D eigenvalue weighted by atomic mass is 16.5. The van der Waals surface area contributed by atoms with Crippen LogP contribution in [0, 0.1) is 0 Å². The van der Waals surface area contributed by atoms with E-state index in [1.54, 1.807) is 7.11 Å². The van der Waals surface area contributed by atoms with E-state index in [1.807, 2.05) is 0 Å². The summed E-state index contributed by atoms with van der Waals surface area (Å²) in [6.45, 7) is 5.67. The molecule has 1 rings (SSSR count). The third-order valence-corrected chi connectivity index (χ3v) is 4.12. The molecule has 0 heterocycles. The van der Waals surface area contributed by atoms with Gasteiger partial charge >= 0.3 is 0 Å². The zero-order valence-corrected chi connectivity index (χ0v) is 13.5. The van der Waals surface area contributed by atoms with E-state index in [0.717, 1.165) is 45.4 Å². The molecule has 4 heteroatoms. The number of nitrogens with one attached hydrogen (secondary N) is 1. The van der Waals surface area contributed by atoms with E-state index in [-0.39, 0.29) is 0 Å². The molecule has 0 aromatic heterocycles. The summed E-state index contributed by atoms with van der Waals surface area (Å²) in [6.07, 6.45) is 9.31. The Bertz CT molecular complexity index is 209. The first-order chi connectivity index (χ1) is 9.84. The van der Waals surface area contributed by atoms with E-state index in [0.29, 0.717) is 0 Å². The lowest BCUT2D eigenvalue weighted by molar-refractivity contribution is 0.104. The summed E-state index contributed by atoms with van der Waals surface area (Å²) in [5.74, 6) is 0. The van der Waals surface area contributed by atoms with Crippen LogP contribution in [-0.4, -0.2) is 64.6 Å². The average Bonchev–Trinajstić information content (AvgIpc) is 2.50. The van der Waals surface area contributed by atoms with Crippen molar-refractivity contribution in [3.05, 3.63) is 0 Å². The molecule has 0 atom stereocenters. The van der Waals surface area contributed by atoms with Gasteiger partial charge in [0, 0.05) is 32.9 Å². The predicted octanol–water partition coefficient (Wildman–Crippen LogP) is 2.28. The Labute approximate surface area is 125 Å². The van der Waals surface area contributed by atoms with Gasteiger partial charge in [-0.25, -0.2) is 0 Å². The predicted molar refractivity (Wildman–Crippen MR) is 84.3 cm³/mol. The van der Waals surface area contributed by atoms with Gasteiger partial charge in [-0.05, 0) is 45.8 Å². The average molecular weight is 286 g/mol. The van der Waals surface area contributed by atoms with Gasteiger partial charge in [0.1, 0.15) is 0 Å². The number of methoxy groups -OCH3 is 1. The van der Waals surface area contributed by atoms with E-state index in [9.17, 15) is 0 Å². The molecule has 1 N–H and O–H groups in total. The number of hydrogen-bond donors (Lipinski definition) is 1. The van der Waals surface area contributed by atoms with Crippen molar-refractivity contribution < 1.29 is 9.47 Å². The Balaban J connectivity index is 1.82. The third kappa shape index (κ3) is 8.90.